The number of hydrogen-bond donors (Lipinski definition) is 0. The van der Waals surface area contributed by atoms with Gasteiger partial charge in [-0.2, -0.15) is 5.26 Å². The minimum absolute atomic E-state index is 0.104. The summed E-state index contributed by atoms with van der Waals surface area (Å²) in [5, 5.41) is 10.3. The number of carbonyl (C=O) groups is 1. The number of morpholine rings is 1. The Hall–Kier alpha value is -1.81. The minimum atomic E-state index is -0.124. The third kappa shape index (κ3) is 3.34. The molecule has 5 nitrogen and oxygen atoms in total. The Morgan fingerprint density at radius 3 is 2.62 bits per heavy atom. The van der Waals surface area contributed by atoms with Crippen molar-refractivity contribution in [1.82, 2.24) is 4.90 Å². The van der Waals surface area contributed by atoms with E-state index in [-0.39, 0.29) is 30.1 Å². The topological polar surface area (TPSA) is 56.6 Å². The summed E-state index contributed by atoms with van der Waals surface area (Å²) < 4.78 is 5.70. The van der Waals surface area contributed by atoms with Crippen molar-refractivity contribution in [2.24, 2.45) is 0 Å². The number of ether oxygens (including phenoxy) is 1. The number of Topliss-reactive ketones (excluding diaryl/α,β-unsaturated/α-hetero) is 1. The molecule has 24 heavy (non-hydrogen) atoms. The number of anilines is 1. The van der Waals surface area contributed by atoms with Crippen molar-refractivity contribution in [1.29, 1.82) is 5.26 Å². The highest BCUT2D eigenvalue weighted by molar-refractivity contribution is 8.03. The minimum Gasteiger partial charge on any atom is -0.373 e. The van der Waals surface area contributed by atoms with E-state index in [1.54, 1.807) is 0 Å². The Kier molecular flexibility index (Phi) is 4.95. The summed E-state index contributed by atoms with van der Waals surface area (Å²) in [5.41, 5.74) is 1.28. The molecule has 0 aliphatic carbocycles. The number of para-hydroxylation sites is 1. The van der Waals surface area contributed by atoms with Gasteiger partial charge in [0.1, 0.15) is 16.7 Å². The van der Waals surface area contributed by atoms with Gasteiger partial charge < -0.3 is 9.64 Å². The van der Waals surface area contributed by atoms with Gasteiger partial charge in [-0.25, -0.2) is 0 Å². The van der Waals surface area contributed by atoms with Crippen LogP contribution in [0.25, 0.3) is 0 Å². The van der Waals surface area contributed by atoms with Crippen LogP contribution in [-0.2, 0) is 9.53 Å². The van der Waals surface area contributed by atoms with Crippen molar-refractivity contribution < 1.29 is 9.53 Å². The molecule has 0 spiro atoms. The van der Waals surface area contributed by atoms with Crippen molar-refractivity contribution in [3.63, 3.8) is 0 Å². The number of nitrogens with zero attached hydrogens (tertiary/aromatic N) is 3. The monoisotopic (exact) mass is 343 g/mol. The van der Waals surface area contributed by atoms with Crippen molar-refractivity contribution in [3.05, 3.63) is 34.9 Å². The van der Waals surface area contributed by atoms with Gasteiger partial charge in [-0.1, -0.05) is 23.9 Å². The molecule has 0 aromatic heterocycles. The summed E-state index contributed by atoms with van der Waals surface area (Å²) in [7, 11) is 1.90. The van der Waals surface area contributed by atoms with Gasteiger partial charge >= 0.3 is 0 Å². The molecule has 0 amide bonds. The molecule has 0 radical (unpaired) electrons. The number of hydrogen-bond acceptors (Lipinski definition) is 6. The maximum atomic E-state index is 12.7. The molecule has 0 unspecified atom stereocenters. The lowest BCUT2D eigenvalue weighted by atomic mass is 10.1. The maximum absolute atomic E-state index is 12.7. The molecule has 3 rings (SSSR count). The Labute approximate surface area is 146 Å². The van der Waals surface area contributed by atoms with Gasteiger partial charge in [0.05, 0.1) is 24.4 Å². The Balaban J connectivity index is 1.80. The van der Waals surface area contributed by atoms with Crippen LogP contribution in [0.15, 0.2) is 39.8 Å². The normalized spacial score (nSPS) is 26.0. The number of carbonyl (C=O) groups excluding carboxylic acids is 1. The molecule has 2 aliphatic rings. The summed E-state index contributed by atoms with van der Waals surface area (Å²) in [5.74, 6) is -0.124. The first kappa shape index (κ1) is 17.0. The third-order valence-corrected chi connectivity index (χ3v) is 5.44. The predicted molar refractivity (Wildman–Crippen MR) is 94.8 cm³/mol. The standard InChI is InChI=1S/C18H21N3O2S/c1-12-9-21(10-13(2)23-12)11-16(22)14(8-19)18-20(3)15-6-4-5-7-17(15)24-18/h4-7,12-13H,9-11H2,1-3H3/b18-14-/t12-,13-/m0/s1. The first-order valence-electron chi connectivity index (χ1n) is 8.05. The van der Waals surface area contributed by atoms with Gasteiger partial charge in [0.25, 0.3) is 0 Å². The van der Waals surface area contributed by atoms with E-state index in [2.05, 4.69) is 11.0 Å². The molecular formula is C18H21N3O2S. The molecular weight excluding hydrogens is 322 g/mol. The molecule has 0 saturated carbocycles. The van der Waals surface area contributed by atoms with Crippen LogP contribution in [0.5, 0.6) is 0 Å². The summed E-state index contributed by atoms with van der Waals surface area (Å²) in [6.07, 6.45) is 0.208. The molecule has 0 bridgehead atoms. The predicted octanol–water partition coefficient (Wildman–Crippen LogP) is 2.64. The highest BCUT2D eigenvalue weighted by Crippen LogP contribution is 2.46. The van der Waals surface area contributed by atoms with E-state index in [1.165, 1.54) is 11.8 Å². The summed E-state index contributed by atoms with van der Waals surface area (Å²) in [6, 6.07) is 10.1. The quantitative estimate of drug-likeness (QED) is 0.621. The van der Waals surface area contributed by atoms with E-state index in [0.29, 0.717) is 13.1 Å². The SMILES string of the molecule is C[C@H]1CN(CC(=O)/C(C#N)=C2\Sc3ccccc3N2C)C[C@H](C)O1. The number of nitriles is 1. The van der Waals surface area contributed by atoms with Crippen molar-refractivity contribution in [2.75, 3.05) is 31.6 Å². The van der Waals surface area contributed by atoms with Gasteiger partial charge in [0, 0.05) is 25.0 Å². The van der Waals surface area contributed by atoms with Crippen molar-refractivity contribution in [2.45, 2.75) is 31.0 Å². The fraction of sp³-hybridized carbons (Fsp3) is 0.444. The molecule has 126 valence electrons. The van der Waals surface area contributed by atoms with E-state index in [9.17, 15) is 10.1 Å². The lowest BCUT2D eigenvalue weighted by Crippen LogP contribution is -2.47. The number of thioether (sulfide) groups is 1. The second-order valence-electron chi connectivity index (χ2n) is 6.30. The third-order valence-electron chi connectivity index (χ3n) is 4.20. The average molecular weight is 343 g/mol. The van der Waals surface area contributed by atoms with Crippen LogP contribution in [0.4, 0.5) is 5.69 Å². The second kappa shape index (κ2) is 6.98. The van der Waals surface area contributed by atoms with Gasteiger partial charge in [0.15, 0.2) is 5.78 Å². The molecule has 1 fully saturated rings. The van der Waals surface area contributed by atoms with Crippen LogP contribution in [-0.4, -0.2) is 49.6 Å². The molecule has 2 atom stereocenters. The fourth-order valence-electron chi connectivity index (χ4n) is 3.25. The van der Waals surface area contributed by atoms with E-state index in [1.807, 2.05) is 50.1 Å². The summed E-state index contributed by atoms with van der Waals surface area (Å²) in [6.45, 7) is 5.71. The van der Waals surface area contributed by atoms with E-state index >= 15 is 0 Å². The van der Waals surface area contributed by atoms with Gasteiger partial charge in [-0.15, -0.1) is 0 Å². The molecule has 1 aromatic rings. The largest absolute Gasteiger partial charge is 0.373 e. The van der Waals surface area contributed by atoms with Crippen LogP contribution in [0.1, 0.15) is 13.8 Å². The van der Waals surface area contributed by atoms with E-state index in [4.69, 9.17) is 4.74 Å². The Morgan fingerprint density at radius 1 is 1.33 bits per heavy atom. The lowest BCUT2D eigenvalue weighted by Gasteiger charge is -2.34. The second-order valence-corrected chi connectivity index (χ2v) is 7.33. The average Bonchev–Trinajstić information content (AvgIpc) is 2.84. The van der Waals surface area contributed by atoms with E-state index < -0.39 is 0 Å². The highest BCUT2D eigenvalue weighted by Gasteiger charge is 2.30. The first-order valence-corrected chi connectivity index (χ1v) is 8.87. The van der Waals surface area contributed by atoms with E-state index in [0.717, 1.165) is 15.6 Å². The summed E-state index contributed by atoms with van der Waals surface area (Å²) in [4.78, 5) is 17.8. The Bertz CT molecular complexity index is 715. The van der Waals surface area contributed by atoms with Crippen molar-refractivity contribution >= 4 is 23.2 Å². The lowest BCUT2D eigenvalue weighted by molar-refractivity contribution is -0.120. The zero-order valence-corrected chi connectivity index (χ0v) is 15.0. The zero-order chi connectivity index (χ0) is 17.3. The molecule has 1 saturated heterocycles. The molecule has 0 N–H and O–H groups in total. The van der Waals surface area contributed by atoms with Crippen LogP contribution < -0.4 is 4.90 Å². The molecule has 1 aromatic carbocycles. The van der Waals surface area contributed by atoms with Crippen molar-refractivity contribution in [3.8, 4) is 6.07 Å². The van der Waals surface area contributed by atoms with Gasteiger partial charge in [-0.05, 0) is 26.0 Å². The van der Waals surface area contributed by atoms with Crippen LogP contribution >= 0.6 is 11.8 Å². The van der Waals surface area contributed by atoms with Gasteiger partial charge in [0.2, 0.25) is 0 Å². The van der Waals surface area contributed by atoms with Crippen LogP contribution in [0, 0.1) is 11.3 Å². The first-order chi connectivity index (χ1) is 11.5. The van der Waals surface area contributed by atoms with Crippen LogP contribution in [0.3, 0.4) is 0 Å². The van der Waals surface area contributed by atoms with Gasteiger partial charge in [-0.3, -0.25) is 9.69 Å². The smallest absolute Gasteiger partial charge is 0.190 e. The molecule has 6 heteroatoms. The number of benzene rings is 1. The molecule has 2 aliphatic heterocycles. The number of rotatable bonds is 3. The Morgan fingerprint density at radius 2 is 2.00 bits per heavy atom. The summed E-state index contributed by atoms with van der Waals surface area (Å²) >= 11 is 1.49. The molecule has 2 heterocycles. The highest BCUT2D eigenvalue weighted by atomic mass is 32.2. The zero-order valence-electron chi connectivity index (χ0n) is 14.2. The fourth-order valence-corrected chi connectivity index (χ4v) is 4.41. The maximum Gasteiger partial charge on any atom is 0.190 e. The number of fused-ring (bicyclic) bond motifs is 1. The number of ketones is 1. The van der Waals surface area contributed by atoms with Crippen LogP contribution in [0.2, 0.25) is 0 Å².